The molecule has 5 rings (SSSR count). The van der Waals surface area contributed by atoms with Crippen LogP contribution in [0.25, 0.3) is 11.1 Å². The number of likely N-dealkylation sites (tertiary alicyclic amines) is 1. The first-order valence-corrected chi connectivity index (χ1v) is 14.7. The van der Waals surface area contributed by atoms with Crippen molar-refractivity contribution < 1.29 is 24.2 Å². The number of aryl methyl sites for hydroxylation is 1. The van der Waals surface area contributed by atoms with Crippen molar-refractivity contribution in [2.45, 2.75) is 63.3 Å². The Labute approximate surface area is 241 Å². The second kappa shape index (κ2) is 13.5. The molecule has 1 aliphatic carbocycles. The van der Waals surface area contributed by atoms with Gasteiger partial charge in [0.05, 0.1) is 0 Å². The number of nitrogens with zero attached hydrogens (tertiary/aromatic N) is 1. The van der Waals surface area contributed by atoms with Crippen LogP contribution >= 0.6 is 0 Å². The Kier molecular flexibility index (Phi) is 9.34. The number of carboxylic acid groups (broad SMARTS) is 1. The molecule has 1 saturated heterocycles. The summed E-state index contributed by atoms with van der Waals surface area (Å²) in [7, 11) is 0. The first-order valence-electron chi connectivity index (χ1n) is 14.7. The molecule has 0 saturated carbocycles. The first kappa shape index (κ1) is 28.4. The molecular formula is C34H38N2O5. The number of fused-ring (bicyclic) bond motifs is 3. The van der Waals surface area contributed by atoms with E-state index in [-0.39, 0.29) is 24.9 Å². The maximum atomic E-state index is 13.6. The van der Waals surface area contributed by atoms with Crippen LogP contribution in [0.1, 0.15) is 66.7 Å². The standard InChI is InChI=1S/C34H38N2O5/c37-32(38)18-7-2-11-24-12-10-13-25(21-24)22-31(33(39)36-19-8-1-9-20-36)35-34(40)41-23-30-28-16-5-3-14-26(28)27-15-4-6-17-29(27)30/h3-6,10,12-17,21,30-31H,1-2,7-9,11,18-20,22-23H2,(H,35,40)(H,37,38). The lowest BCUT2D eigenvalue weighted by Crippen LogP contribution is -2.51. The van der Waals surface area contributed by atoms with Gasteiger partial charge in [-0.3, -0.25) is 9.59 Å². The van der Waals surface area contributed by atoms with Crippen molar-refractivity contribution in [1.29, 1.82) is 0 Å². The van der Waals surface area contributed by atoms with Crippen molar-refractivity contribution in [3.05, 3.63) is 95.1 Å². The van der Waals surface area contributed by atoms with Gasteiger partial charge in [-0.15, -0.1) is 0 Å². The molecule has 2 N–H and O–H groups in total. The molecule has 1 unspecified atom stereocenters. The number of benzene rings is 3. The zero-order valence-electron chi connectivity index (χ0n) is 23.4. The number of alkyl carbamates (subject to hydrolysis) is 1. The molecule has 0 aromatic heterocycles. The first-order chi connectivity index (χ1) is 20.0. The number of carbonyl (C=O) groups excluding carboxylic acids is 2. The maximum Gasteiger partial charge on any atom is 0.407 e. The lowest BCUT2D eigenvalue weighted by Gasteiger charge is -2.31. The third-order valence-corrected chi connectivity index (χ3v) is 8.14. The minimum Gasteiger partial charge on any atom is -0.481 e. The molecule has 1 atom stereocenters. The Morgan fingerprint density at radius 1 is 0.854 bits per heavy atom. The Bertz CT molecular complexity index is 1340. The summed E-state index contributed by atoms with van der Waals surface area (Å²) in [6, 6.07) is 23.7. The van der Waals surface area contributed by atoms with E-state index in [1.165, 1.54) is 0 Å². The fourth-order valence-electron chi connectivity index (χ4n) is 6.07. The van der Waals surface area contributed by atoms with Gasteiger partial charge >= 0.3 is 12.1 Å². The minimum atomic E-state index is -0.780. The largest absolute Gasteiger partial charge is 0.481 e. The molecule has 2 aliphatic rings. The van der Waals surface area contributed by atoms with Crippen molar-refractivity contribution in [2.24, 2.45) is 0 Å². The van der Waals surface area contributed by atoms with Gasteiger partial charge in [-0.1, -0.05) is 72.8 Å². The number of aliphatic carboxylic acids is 1. The van der Waals surface area contributed by atoms with Crippen molar-refractivity contribution in [3.8, 4) is 11.1 Å². The lowest BCUT2D eigenvalue weighted by molar-refractivity contribution is -0.137. The van der Waals surface area contributed by atoms with Crippen LogP contribution in [-0.4, -0.2) is 53.7 Å². The maximum absolute atomic E-state index is 13.6. The van der Waals surface area contributed by atoms with E-state index in [1.807, 2.05) is 47.4 Å². The third kappa shape index (κ3) is 7.15. The van der Waals surface area contributed by atoms with Crippen LogP contribution in [0.2, 0.25) is 0 Å². The summed E-state index contributed by atoms with van der Waals surface area (Å²) in [5.41, 5.74) is 6.66. The molecule has 3 aromatic rings. The van der Waals surface area contributed by atoms with Gasteiger partial charge in [0.2, 0.25) is 5.91 Å². The van der Waals surface area contributed by atoms with Gasteiger partial charge in [0.25, 0.3) is 0 Å². The summed E-state index contributed by atoms with van der Waals surface area (Å²) in [6.07, 6.45) is 5.16. The molecule has 7 heteroatoms. The van der Waals surface area contributed by atoms with Gasteiger partial charge < -0.3 is 20.1 Å². The lowest BCUT2D eigenvalue weighted by atomic mass is 9.98. The fourth-order valence-corrected chi connectivity index (χ4v) is 6.07. The Morgan fingerprint density at radius 3 is 2.20 bits per heavy atom. The zero-order chi connectivity index (χ0) is 28.6. The number of piperidine rings is 1. The molecule has 0 bridgehead atoms. The number of hydrogen-bond donors (Lipinski definition) is 2. The van der Waals surface area contributed by atoms with E-state index in [0.29, 0.717) is 25.9 Å². The monoisotopic (exact) mass is 554 g/mol. The SMILES string of the molecule is O=C(O)CCCCc1cccc(CC(NC(=O)OCC2c3ccccc3-c3ccccc32)C(=O)N2CCCCC2)c1. The molecule has 2 amide bonds. The quantitative estimate of drug-likeness (QED) is 0.286. The van der Waals surface area contributed by atoms with Crippen LogP contribution in [-0.2, 0) is 27.2 Å². The van der Waals surface area contributed by atoms with E-state index in [4.69, 9.17) is 9.84 Å². The molecule has 1 heterocycles. The average molecular weight is 555 g/mol. The predicted molar refractivity (Wildman–Crippen MR) is 158 cm³/mol. The second-order valence-corrected chi connectivity index (χ2v) is 11.0. The Morgan fingerprint density at radius 2 is 1.51 bits per heavy atom. The number of unbranched alkanes of at least 4 members (excludes halogenated alkanes) is 1. The van der Waals surface area contributed by atoms with Gasteiger partial charge in [0.1, 0.15) is 12.6 Å². The summed E-state index contributed by atoms with van der Waals surface area (Å²) in [5, 5.41) is 11.8. The van der Waals surface area contributed by atoms with E-state index in [2.05, 4.69) is 35.6 Å². The molecular weight excluding hydrogens is 516 g/mol. The number of nitrogens with one attached hydrogen (secondary N) is 1. The normalized spacial score (nSPS) is 15.1. The second-order valence-electron chi connectivity index (χ2n) is 11.0. The van der Waals surface area contributed by atoms with E-state index in [0.717, 1.165) is 65.5 Å². The number of amides is 2. The van der Waals surface area contributed by atoms with E-state index < -0.39 is 18.1 Å². The highest BCUT2D eigenvalue weighted by Crippen LogP contribution is 2.44. The molecule has 1 fully saturated rings. The zero-order valence-corrected chi connectivity index (χ0v) is 23.4. The van der Waals surface area contributed by atoms with Crippen LogP contribution < -0.4 is 5.32 Å². The van der Waals surface area contributed by atoms with Gasteiger partial charge in [0.15, 0.2) is 0 Å². The summed E-state index contributed by atoms with van der Waals surface area (Å²) in [5.74, 6) is -0.913. The Hall–Kier alpha value is -4.13. The molecule has 0 radical (unpaired) electrons. The van der Waals surface area contributed by atoms with E-state index in [1.54, 1.807) is 0 Å². The van der Waals surface area contributed by atoms with Crippen LogP contribution in [0.4, 0.5) is 4.79 Å². The molecule has 1 aliphatic heterocycles. The van der Waals surface area contributed by atoms with Gasteiger partial charge in [-0.05, 0) is 71.9 Å². The Balaban J connectivity index is 1.26. The minimum absolute atomic E-state index is 0.0535. The number of carboxylic acids is 1. The van der Waals surface area contributed by atoms with E-state index >= 15 is 0 Å². The third-order valence-electron chi connectivity index (χ3n) is 8.14. The topological polar surface area (TPSA) is 95.9 Å². The number of rotatable bonds is 11. The average Bonchev–Trinajstić information content (AvgIpc) is 3.32. The van der Waals surface area contributed by atoms with Crippen molar-refractivity contribution in [2.75, 3.05) is 19.7 Å². The van der Waals surface area contributed by atoms with Crippen LogP contribution in [0, 0.1) is 0 Å². The van der Waals surface area contributed by atoms with Gasteiger partial charge in [-0.2, -0.15) is 0 Å². The molecule has 41 heavy (non-hydrogen) atoms. The highest BCUT2D eigenvalue weighted by molar-refractivity contribution is 5.86. The van der Waals surface area contributed by atoms with Crippen molar-refractivity contribution in [1.82, 2.24) is 10.2 Å². The smallest absolute Gasteiger partial charge is 0.407 e. The highest BCUT2D eigenvalue weighted by atomic mass is 16.5. The molecule has 7 nitrogen and oxygen atoms in total. The summed E-state index contributed by atoms with van der Waals surface area (Å²) in [4.78, 5) is 39.4. The summed E-state index contributed by atoms with van der Waals surface area (Å²) < 4.78 is 5.79. The van der Waals surface area contributed by atoms with E-state index in [9.17, 15) is 14.4 Å². The summed E-state index contributed by atoms with van der Waals surface area (Å²) in [6.45, 7) is 1.59. The highest BCUT2D eigenvalue weighted by Gasteiger charge is 2.31. The van der Waals surface area contributed by atoms with Crippen LogP contribution in [0.5, 0.6) is 0 Å². The van der Waals surface area contributed by atoms with Crippen molar-refractivity contribution in [3.63, 3.8) is 0 Å². The van der Waals surface area contributed by atoms with Gasteiger partial charge in [0, 0.05) is 31.8 Å². The fraction of sp³-hybridized carbons (Fsp3) is 0.382. The van der Waals surface area contributed by atoms with Crippen molar-refractivity contribution >= 4 is 18.0 Å². The van der Waals surface area contributed by atoms with Gasteiger partial charge in [-0.25, -0.2) is 4.79 Å². The number of carbonyl (C=O) groups is 3. The predicted octanol–water partition coefficient (Wildman–Crippen LogP) is 5.95. The molecule has 214 valence electrons. The molecule has 0 spiro atoms. The number of ether oxygens (including phenoxy) is 1. The molecule has 3 aromatic carbocycles. The number of hydrogen-bond acceptors (Lipinski definition) is 4. The van der Waals surface area contributed by atoms with Crippen LogP contribution in [0.15, 0.2) is 72.8 Å². The summed E-state index contributed by atoms with van der Waals surface area (Å²) >= 11 is 0. The van der Waals surface area contributed by atoms with Crippen LogP contribution in [0.3, 0.4) is 0 Å².